The Morgan fingerprint density at radius 1 is 1.19 bits per heavy atom. The molecular formula is C17H22N2O2. The predicted octanol–water partition coefficient (Wildman–Crippen LogP) is 3.58. The van der Waals surface area contributed by atoms with Gasteiger partial charge in [0.15, 0.2) is 0 Å². The van der Waals surface area contributed by atoms with E-state index in [9.17, 15) is 4.79 Å². The van der Waals surface area contributed by atoms with Crippen molar-refractivity contribution in [3.63, 3.8) is 0 Å². The fraction of sp³-hybridized carbons (Fsp3) is 0.353. The highest BCUT2D eigenvalue weighted by atomic mass is 16.3. The van der Waals surface area contributed by atoms with Crippen LogP contribution in [0, 0.1) is 13.8 Å². The molecule has 2 aromatic rings. The van der Waals surface area contributed by atoms with Crippen LogP contribution >= 0.6 is 0 Å². The number of benzene rings is 1. The van der Waals surface area contributed by atoms with Crippen molar-refractivity contribution in [2.45, 2.75) is 33.2 Å². The lowest BCUT2D eigenvalue weighted by Crippen LogP contribution is -2.24. The van der Waals surface area contributed by atoms with Crippen molar-refractivity contribution in [2.24, 2.45) is 0 Å². The molecule has 4 nitrogen and oxygen atoms in total. The van der Waals surface area contributed by atoms with E-state index in [1.54, 1.807) is 0 Å². The fourth-order valence-corrected chi connectivity index (χ4v) is 2.11. The monoisotopic (exact) mass is 286 g/mol. The number of aryl methyl sites for hydroxylation is 2. The van der Waals surface area contributed by atoms with Crippen LogP contribution in [-0.4, -0.2) is 12.5 Å². The highest BCUT2D eigenvalue weighted by Crippen LogP contribution is 2.16. The lowest BCUT2D eigenvalue weighted by atomic mass is 10.2. The van der Waals surface area contributed by atoms with Crippen molar-refractivity contribution >= 4 is 11.6 Å². The standard InChI is InChI=1S/C17H22N2O2/c1-12-6-4-5-7-15(12)19-17(20)10-11-18-14(3)16-9-8-13(2)21-16/h4-9,14,18H,10-11H2,1-3H3,(H,19,20). The first-order chi connectivity index (χ1) is 10.1. The largest absolute Gasteiger partial charge is 0.465 e. The van der Waals surface area contributed by atoms with Crippen molar-refractivity contribution in [3.8, 4) is 0 Å². The van der Waals surface area contributed by atoms with Gasteiger partial charge in [0.1, 0.15) is 11.5 Å². The van der Waals surface area contributed by atoms with Crippen LogP contribution in [0.15, 0.2) is 40.8 Å². The smallest absolute Gasteiger partial charge is 0.225 e. The molecule has 21 heavy (non-hydrogen) atoms. The lowest BCUT2D eigenvalue weighted by Gasteiger charge is -2.12. The van der Waals surface area contributed by atoms with E-state index in [0.29, 0.717) is 13.0 Å². The Kier molecular flexibility index (Phi) is 5.17. The van der Waals surface area contributed by atoms with Gasteiger partial charge in [-0.15, -0.1) is 0 Å². The molecule has 1 atom stereocenters. The van der Waals surface area contributed by atoms with Gasteiger partial charge < -0.3 is 15.1 Å². The number of carbonyl (C=O) groups is 1. The number of nitrogens with one attached hydrogen (secondary N) is 2. The molecule has 0 saturated carbocycles. The normalized spacial score (nSPS) is 12.1. The maximum atomic E-state index is 11.9. The molecule has 0 aliphatic rings. The van der Waals surface area contributed by atoms with Crippen molar-refractivity contribution in [2.75, 3.05) is 11.9 Å². The summed E-state index contributed by atoms with van der Waals surface area (Å²) in [7, 11) is 0. The van der Waals surface area contributed by atoms with Crippen molar-refractivity contribution in [3.05, 3.63) is 53.5 Å². The Morgan fingerprint density at radius 3 is 2.62 bits per heavy atom. The minimum Gasteiger partial charge on any atom is -0.465 e. The summed E-state index contributed by atoms with van der Waals surface area (Å²) in [5.41, 5.74) is 1.94. The van der Waals surface area contributed by atoms with Gasteiger partial charge in [-0.25, -0.2) is 0 Å². The molecule has 0 spiro atoms. The molecule has 0 aliphatic carbocycles. The first kappa shape index (κ1) is 15.3. The van der Waals surface area contributed by atoms with E-state index in [1.807, 2.05) is 57.2 Å². The Labute approximate surface area is 125 Å². The van der Waals surface area contributed by atoms with Crippen LogP contribution in [0.4, 0.5) is 5.69 Å². The summed E-state index contributed by atoms with van der Waals surface area (Å²) in [5.74, 6) is 1.81. The van der Waals surface area contributed by atoms with Crippen molar-refractivity contribution < 1.29 is 9.21 Å². The van der Waals surface area contributed by atoms with Gasteiger partial charge in [-0.2, -0.15) is 0 Å². The molecule has 1 heterocycles. The number of carbonyl (C=O) groups excluding carboxylic acids is 1. The van der Waals surface area contributed by atoms with E-state index in [-0.39, 0.29) is 11.9 Å². The van der Waals surface area contributed by atoms with Gasteiger partial charge in [0, 0.05) is 18.7 Å². The molecule has 4 heteroatoms. The van der Waals surface area contributed by atoms with Gasteiger partial charge in [-0.3, -0.25) is 4.79 Å². The molecule has 1 aromatic heterocycles. The van der Waals surface area contributed by atoms with Crippen LogP contribution in [0.2, 0.25) is 0 Å². The highest BCUT2D eigenvalue weighted by Gasteiger charge is 2.10. The number of amides is 1. The van der Waals surface area contributed by atoms with E-state index in [4.69, 9.17) is 4.42 Å². The first-order valence-corrected chi connectivity index (χ1v) is 7.21. The van der Waals surface area contributed by atoms with Gasteiger partial charge >= 0.3 is 0 Å². The second-order valence-electron chi connectivity index (χ2n) is 5.24. The van der Waals surface area contributed by atoms with Gasteiger partial charge in [0.25, 0.3) is 0 Å². The quantitative estimate of drug-likeness (QED) is 0.853. The molecule has 0 aliphatic heterocycles. The summed E-state index contributed by atoms with van der Waals surface area (Å²) in [4.78, 5) is 11.9. The molecular weight excluding hydrogens is 264 g/mol. The summed E-state index contributed by atoms with van der Waals surface area (Å²) >= 11 is 0. The van der Waals surface area contributed by atoms with Gasteiger partial charge in [0.05, 0.1) is 6.04 Å². The van der Waals surface area contributed by atoms with Crippen LogP contribution in [0.25, 0.3) is 0 Å². The second-order valence-corrected chi connectivity index (χ2v) is 5.24. The average molecular weight is 286 g/mol. The third kappa shape index (κ3) is 4.46. The summed E-state index contributed by atoms with van der Waals surface area (Å²) in [6.45, 7) is 6.54. The zero-order valence-electron chi connectivity index (χ0n) is 12.8. The molecule has 2 N–H and O–H groups in total. The fourth-order valence-electron chi connectivity index (χ4n) is 2.11. The zero-order chi connectivity index (χ0) is 15.2. The number of hydrogen-bond acceptors (Lipinski definition) is 3. The first-order valence-electron chi connectivity index (χ1n) is 7.21. The Balaban J connectivity index is 1.76. The molecule has 1 unspecified atom stereocenters. The topological polar surface area (TPSA) is 54.3 Å². The Bertz CT molecular complexity index is 604. The van der Waals surface area contributed by atoms with Crippen molar-refractivity contribution in [1.82, 2.24) is 5.32 Å². The van der Waals surface area contributed by atoms with E-state index in [1.165, 1.54) is 0 Å². The minimum atomic E-state index is 0.0135. The molecule has 1 aromatic carbocycles. The Morgan fingerprint density at radius 2 is 1.95 bits per heavy atom. The summed E-state index contributed by atoms with van der Waals surface area (Å²) < 4.78 is 5.55. The van der Waals surface area contributed by atoms with Gasteiger partial charge in [0.2, 0.25) is 5.91 Å². The average Bonchev–Trinajstić information content (AvgIpc) is 2.88. The molecule has 1 amide bonds. The van der Waals surface area contributed by atoms with E-state index in [2.05, 4.69) is 10.6 Å². The maximum absolute atomic E-state index is 11.9. The van der Waals surface area contributed by atoms with Gasteiger partial charge in [-0.05, 0) is 44.5 Å². The van der Waals surface area contributed by atoms with Crippen LogP contribution in [0.1, 0.15) is 36.5 Å². The highest BCUT2D eigenvalue weighted by molar-refractivity contribution is 5.91. The van der Waals surface area contributed by atoms with Gasteiger partial charge in [-0.1, -0.05) is 18.2 Å². The molecule has 0 saturated heterocycles. The van der Waals surface area contributed by atoms with Crippen molar-refractivity contribution in [1.29, 1.82) is 0 Å². The van der Waals surface area contributed by atoms with Crippen LogP contribution in [0.3, 0.4) is 0 Å². The Hall–Kier alpha value is -2.07. The predicted molar refractivity (Wildman–Crippen MR) is 84.3 cm³/mol. The zero-order valence-corrected chi connectivity index (χ0v) is 12.8. The number of hydrogen-bond donors (Lipinski definition) is 2. The van der Waals surface area contributed by atoms with Crippen LogP contribution in [-0.2, 0) is 4.79 Å². The molecule has 2 rings (SSSR count). The molecule has 112 valence electrons. The summed E-state index contributed by atoms with van der Waals surface area (Å²) in [6, 6.07) is 11.8. The van der Waals surface area contributed by atoms with E-state index >= 15 is 0 Å². The number of rotatable bonds is 6. The van der Waals surface area contributed by atoms with E-state index in [0.717, 1.165) is 22.8 Å². The van der Waals surface area contributed by atoms with Crippen LogP contribution in [0.5, 0.6) is 0 Å². The molecule has 0 radical (unpaired) electrons. The molecule has 0 fully saturated rings. The summed E-state index contributed by atoms with van der Waals surface area (Å²) in [6.07, 6.45) is 0.429. The third-order valence-corrected chi connectivity index (χ3v) is 3.41. The lowest BCUT2D eigenvalue weighted by molar-refractivity contribution is -0.116. The SMILES string of the molecule is Cc1ccc(C(C)NCCC(=O)Nc2ccccc2C)o1. The molecule has 0 bridgehead atoms. The second kappa shape index (κ2) is 7.09. The maximum Gasteiger partial charge on any atom is 0.225 e. The number of furan rings is 1. The van der Waals surface area contributed by atoms with E-state index < -0.39 is 0 Å². The minimum absolute atomic E-state index is 0.0135. The van der Waals surface area contributed by atoms with Crippen LogP contribution < -0.4 is 10.6 Å². The number of para-hydroxylation sites is 1. The summed E-state index contributed by atoms with van der Waals surface area (Å²) in [5, 5.41) is 6.21. The number of anilines is 1. The third-order valence-electron chi connectivity index (χ3n) is 3.41.